The monoisotopic (exact) mass is 370 g/mol. The molecule has 1 aliphatic rings. The number of ether oxygens (including phenoxy) is 3. The lowest BCUT2D eigenvalue weighted by Crippen LogP contribution is -2.32. The van der Waals surface area contributed by atoms with Crippen LogP contribution in [0.15, 0.2) is 36.4 Å². The van der Waals surface area contributed by atoms with E-state index in [1.807, 2.05) is 6.92 Å². The number of hydrogen-bond donors (Lipinski definition) is 1. The third kappa shape index (κ3) is 3.81. The average Bonchev–Trinajstić information content (AvgIpc) is 2.85. The molecule has 142 valence electrons. The number of rotatable bonds is 5. The molecule has 27 heavy (non-hydrogen) atoms. The van der Waals surface area contributed by atoms with Crippen LogP contribution < -0.4 is 19.5 Å². The van der Waals surface area contributed by atoms with Crippen LogP contribution in [0.2, 0.25) is 0 Å². The van der Waals surface area contributed by atoms with Gasteiger partial charge in [0.05, 0.1) is 26.3 Å². The molecule has 3 rings (SSSR count). The molecule has 0 radical (unpaired) electrons. The summed E-state index contributed by atoms with van der Waals surface area (Å²) in [6.07, 6.45) is 0. The second-order valence-corrected chi connectivity index (χ2v) is 5.97. The van der Waals surface area contributed by atoms with Crippen molar-refractivity contribution >= 4 is 17.5 Å². The highest BCUT2D eigenvalue weighted by Crippen LogP contribution is 2.29. The van der Waals surface area contributed by atoms with E-state index in [1.54, 1.807) is 41.3 Å². The number of nitrogens with one attached hydrogen (secondary N) is 1. The number of anilines is 1. The molecule has 7 nitrogen and oxygen atoms in total. The molecule has 1 heterocycles. The standard InChI is InChI=1S/C20H22N2O5/c1-4-22-9-10-27-16-8-6-14(12-15(16)20(22)24)21-19(23)13-5-7-17(25-2)18(11-13)26-3/h5-8,11-12H,4,9-10H2,1-3H3,(H,21,23). The third-order valence-electron chi connectivity index (χ3n) is 4.40. The molecular formula is C20H22N2O5. The van der Waals surface area contributed by atoms with E-state index in [0.717, 1.165) is 0 Å². The van der Waals surface area contributed by atoms with Gasteiger partial charge in [0, 0.05) is 17.8 Å². The Balaban J connectivity index is 1.84. The molecule has 2 aromatic rings. The molecule has 0 atom stereocenters. The van der Waals surface area contributed by atoms with E-state index in [-0.39, 0.29) is 11.8 Å². The Bertz CT molecular complexity index is 865. The smallest absolute Gasteiger partial charge is 0.257 e. The molecule has 2 amide bonds. The summed E-state index contributed by atoms with van der Waals surface area (Å²) in [4.78, 5) is 26.9. The highest BCUT2D eigenvalue weighted by molar-refractivity contribution is 6.06. The molecule has 2 aromatic carbocycles. The zero-order chi connectivity index (χ0) is 19.4. The van der Waals surface area contributed by atoms with Gasteiger partial charge in [0.25, 0.3) is 11.8 Å². The lowest BCUT2D eigenvalue weighted by molar-refractivity contribution is 0.0764. The number of likely N-dealkylation sites (N-methyl/N-ethyl adjacent to an activating group) is 1. The predicted octanol–water partition coefficient (Wildman–Crippen LogP) is 2.81. The quantitative estimate of drug-likeness (QED) is 0.876. The van der Waals surface area contributed by atoms with Gasteiger partial charge >= 0.3 is 0 Å². The van der Waals surface area contributed by atoms with Gasteiger partial charge in [0.2, 0.25) is 0 Å². The lowest BCUT2D eigenvalue weighted by Gasteiger charge is -2.17. The Hall–Kier alpha value is -3.22. The summed E-state index contributed by atoms with van der Waals surface area (Å²) < 4.78 is 16.1. The summed E-state index contributed by atoms with van der Waals surface area (Å²) in [7, 11) is 3.04. The maximum atomic E-state index is 12.6. The number of methoxy groups -OCH3 is 2. The first-order valence-electron chi connectivity index (χ1n) is 8.67. The number of nitrogens with zero attached hydrogens (tertiary/aromatic N) is 1. The van der Waals surface area contributed by atoms with Gasteiger partial charge in [-0.25, -0.2) is 0 Å². The second-order valence-electron chi connectivity index (χ2n) is 5.97. The van der Waals surface area contributed by atoms with E-state index in [2.05, 4.69) is 5.32 Å². The van der Waals surface area contributed by atoms with Crippen LogP contribution in [0.5, 0.6) is 17.2 Å². The van der Waals surface area contributed by atoms with E-state index in [4.69, 9.17) is 14.2 Å². The zero-order valence-corrected chi connectivity index (χ0v) is 15.6. The van der Waals surface area contributed by atoms with E-state index in [0.29, 0.717) is 53.8 Å². The van der Waals surface area contributed by atoms with E-state index < -0.39 is 0 Å². The van der Waals surface area contributed by atoms with Crippen molar-refractivity contribution in [1.29, 1.82) is 0 Å². The van der Waals surface area contributed by atoms with Gasteiger partial charge in [-0.2, -0.15) is 0 Å². The summed E-state index contributed by atoms with van der Waals surface area (Å²) in [6.45, 7) is 3.51. The van der Waals surface area contributed by atoms with Crippen molar-refractivity contribution in [1.82, 2.24) is 4.90 Å². The van der Waals surface area contributed by atoms with Crippen LogP contribution in [-0.2, 0) is 0 Å². The van der Waals surface area contributed by atoms with Crippen LogP contribution in [0.4, 0.5) is 5.69 Å². The molecule has 0 aromatic heterocycles. The Morgan fingerprint density at radius 1 is 1.15 bits per heavy atom. The minimum atomic E-state index is -0.315. The molecule has 7 heteroatoms. The maximum Gasteiger partial charge on any atom is 0.257 e. The average molecular weight is 370 g/mol. The van der Waals surface area contributed by atoms with Gasteiger partial charge in [-0.05, 0) is 43.3 Å². The number of amides is 2. The molecule has 0 spiro atoms. The van der Waals surface area contributed by atoms with Crippen molar-refractivity contribution in [2.75, 3.05) is 39.2 Å². The van der Waals surface area contributed by atoms with Crippen molar-refractivity contribution in [2.45, 2.75) is 6.92 Å². The molecule has 1 N–H and O–H groups in total. The molecule has 0 unspecified atom stereocenters. The summed E-state index contributed by atoms with van der Waals surface area (Å²) in [5.41, 5.74) is 1.38. The van der Waals surface area contributed by atoms with Crippen LogP contribution in [0.3, 0.4) is 0 Å². The van der Waals surface area contributed by atoms with Crippen LogP contribution in [0.25, 0.3) is 0 Å². The summed E-state index contributed by atoms with van der Waals surface area (Å²) in [6, 6.07) is 9.98. The van der Waals surface area contributed by atoms with Crippen molar-refractivity contribution in [3.63, 3.8) is 0 Å². The van der Waals surface area contributed by atoms with Crippen molar-refractivity contribution < 1.29 is 23.8 Å². The number of hydrogen-bond acceptors (Lipinski definition) is 5. The normalized spacial score (nSPS) is 13.3. The number of benzene rings is 2. The Morgan fingerprint density at radius 2 is 1.93 bits per heavy atom. The fourth-order valence-corrected chi connectivity index (χ4v) is 2.92. The molecule has 1 aliphatic heterocycles. The molecule has 0 saturated heterocycles. The molecule has 0 aliphatic carbocycles. The molecule has 0 bridgehead atoms. The highest BCUT2D eigenvalue weighted by Gasteiger charge is 2.23. The third-order valence-corrected chi connectivity index (χ3v) is 4.40. The first-order chi connectivity index (χ1) is 13.1. The topological polar surface area (TPSA) is 77.1 Å². The SMILES string of the molecule is CCN1CCOc2ccc(NC(=O)c3ccc(OC)c(OC)c3)cc2C1=O. The van der Waals surface area contributed by atoms with Crippen molar-refractivity contribution in [3.8, 4) is 17.2 Å². The predicted molar refractivity (Wildman–Crippen MR) is 101 cm³/mol. The highest BCUT2D eigenvalue weighted by atomic mass is 16.5. The number of carbonyl (C=O) groups excluding carboxylic acids is 2. The van der Waals surface area contributed by atoms with Crippen molar-refractivity contribution in [3.05, 3.63) is 47.5 Å². The number of carbonyl (C=O) groups is 2. The first-order valence-corrected chi connectivity index (χ1v) is 8.67. The fraction of sp³-hybridized carbons (Fsp3) is 0.300. The largest absolute Gasteiger partial charge is 0.493 e. The van der Waals surface area contributed by atoms with Gasteiger partial charge in [0.15, 0.2) is 11.5 Å². The van der Waals surface area contributed by atoms with E-state index >= 15 is 0 Å². The number of fused-ring (bicyclic) bond motifs is 1. The van der Waals surface area contributed by atoms with Crippen LogP contribution in [0.1, 0.15) is 27.6 Å². The van der Waals surface area contributed by atoms with Crippen LogP contribution in [-0.4, -0.2) is 50.6 Å². The lowest BCUT2D eigenvalue weighted by atomic mass is 10.1. The van der Waals surface area contributed by atoms with E-state index in [1.165, 1.54) is 14.2 Å². The molecule has 0 fully saturated rings. The maximum absolute atomic E-state index is 12.6. The fourth-order valence-electron chi connectivity index (χ4n) is 2.92. The van der Waals surface area contributed by atoms with Gasteiger partial charge in [0.1, 0.15) is 12.4 Å². The van der Waals surface area contributed by atoms with E-state index in [9.17, 15) is 9.59 Å². The second kappa shape index (κ2) is 7.99. The first kappa shape index (κ1) is 18.6. The summed E-state index contributed by atoms with van der Waals surface area (Å²) >= 11 is 0. The van der Waals surface area contributed by atoms with Gasteiger partial charge < -0.3 is 24.4 Å². The minimum absolute atomic E-state index is 0.104. The van der Waals surface area contributed by atoms with Crippen LogP contribution >= 0.6 is 0 Å². The summed E-state index contributed by atoms with van der Waals surface area (Å²) in [5.74, 6) is 1.12. The Kier molecular flexibility index (Phi) is 5.49. The van der Waals surface area contributed by atoms with Gasteiger partial charge in [-0.3, -0.25) is 9.59 Å². The Labute approximate surface area is 157 Å². The van der Waals surface area contributed by atoms with Gasteiger partial charge in [-0.15, -0.1) is 0 Å². The zero-order valence-electron chi connectivity index (χ0n) is 15.6. The summed E-state index contributed by atoms with van der Waals surface area (Å²) in [5, 5.41) is 2.81. The van der Waals surface area contributed by atoms with Crippen LogP contribution in [0, 0.1) is 0 Å². The van der Waals surface area contributed by atoms with Gasteiger partial charge in [-0.1, -0.05) is 0 Å². The van der Waals surface area contributed by atoms with Crippen molar-refractivity contribution in [2.24, 2.45) is 0 Å². The molecular weight excluding hydrogens is 348 g/mol. The Morgan fingerprint density at radius 3 is 2.63 bits per heavy atom. The molecule has 0 saturated carbocycles. The minimum Gasteiger partial charge on any atom is -0.493 e.